The predicted molar refractivity (Wildman–Crippen MR) is 102 cm³/mol. The Kier molecular flexibility index (Phi) is 5.53. The van der Waals surface area contributed by atoms with Crippen molar-refractivity contribution in [3.63, 3.8) is 0 Å². The van der Waals surface area contributed by atoms with E-state index in [0.717, 1.165) is 17.8 Å². The van der Waals surface area contributed by atoms with E-state index in [-0.39, 0.29) is 28.4 Å². The molecule has 2 heterocycles. The molecule has 0 spiro atoms. The Morgan fingerprint density at radius 1 is 1.46 bits per heavy atom. The number of methoxy groups -OCH3 is 1. The number of fused-ring (bicyclic) bond motifs is 1. The van der Waals surface area contributed by atoms with Crippen molar-refractivity contribution in [1.29, 1.82) is 0 Å². The van der Waals surface area contributed by atoms with Crippen molar-refractivity contribution < 1.29 is 13.9 Å². The second-order valence-corrected chi connectivity index (χ2v) is 7.14. The smallest absolute Gasteiger partial charge is 0.263 e. The van der Waals surface area contributed by atoms with Crippen LogP contribution in [-0.4, -0.2) is 28.2 Å². The van der Waals surface area contributed by atoms with Crippen LogP contribution in [0.5, 0.6) is 5.75 Å². The highest BCUT2D eigenvalue weighted by Crippen LogP contribution is 2.23. The van der Waals surface area contributed by atoms with E-state index in [1.54, 1.807) is 17.5 Å². The standard InChI is InChI=1S/C18H15FN2O3S2/c1-3-7-21-17(23)12-6-8-25-16(12)20-18(21)26-10-14(22)11-4-5-15(24-2)13(19)9-11/h3-6,8-9H,1,7,10H2,2H3. The van der Waals surface area contributed by atoms with Crippen LogP contribution in [0.15, 0.2) is 52.3 Å². The number of ketones is 1. The molecule has 0 saturated carbocycles. The van der Waals surface area contributed by atoms with E-state index >= 15 is 0 Å². The van der Waals surface area contributed by atoms with Crippen LogP contribution in [0.3, 0.4) is 0 Å². The average molecular weight is 390 g/mol. The quantitative estimate of drug-likeness (QED) is 0.266. The number of ether oxygens (including phenoxy) is 1. The summed E-state index contributed by atoms with van der Waals surface area (Å²) in [5, 5.41) is 2.79. The average Bonchev–Trinajstić information content (AvgIpc) is 3.11. The molecule has 0 atom stereocenters. The van der Waals surface area contributed by atoms with Gasteiger partial charge in [0.05, 0.1) is 18.2 Å². The van der Waals surface area contributed by atoms with Crippen molar-refractivity contribution in [1.82, 2.24) is 9.55 Å². The zero-order valence-electron chi connectivity index (χ0n) is 13.9. The van der Waals surface area contributed by atoms with Gasteiger partial charge in [0.2, 0.25) is 0 Å². The molecule has 134 valence electrons. The third-order valence-corrected chi connectivity index (χ3v) is 5.45. The molecule has 0 amide bonds. The summed E-state index contributed by atoms with van der Waals surface area (Å²) in [4.78, 5) is 30.0. The van der Waals surface area contributed by atoms with Crippen molar-refractivity contribution in [2.75, 3.05) is 12.9 Å². The molecule has 2 aromatic heterocycles. The van der Waals surface area contributed by atoms with Crippen LogP contribution in [0.25, 0.3) is 10.2 Å². The summed E-state index contributed by atoms with van der Waals surface area (Å²) >= 11 is 2.51. The largest absolute Gasteiger partial charge is 0.494 e. The van der Waals surface area contributed by atoms with Crippen LogP contribution >= 0.6 is 23.1 Å². The summed E-state index contributed by atoms with van der Waals surface area (Å²) in [7, 11) is 1.36. The fourth-order valence-corrected chi connectivity index (χ4v) is 4.09. The van der Waals surface area contributed by atoms with Crippen molar-refractivity contribution >= 4 is 39.1 Å². The van der Waals surface area contributed by atoms with Crippen molar-refractivity contribution in [3.05, 3.63) is 64.0 Å². The first kappa shape index (κ1) is 18.3. The Morgan fingerprint density at radius 2 is 2.27 bits per heavy atom. The number of hydrogen-bond acceptors (Lipinski definition) is 6. The molecule has 5 nitrogen and oxygen atoms in total. The fraction of sp³-hybridized carbons (Fsp3) is 0.167. The first-order chi connectivity index (χ1) is 12.5. The number of nitrogens with zero attached hydrogens (tertiary/aromatic N) is 2. The minimum absolute atomic E-state index is 0.0340. The summed E-state index contributed by atoms with van der Waals surface area (Å²) in [6.45, 7) is 3.96. The maximum Gasteiger partial charge on any atom is 0.263 e. The lowest BCUT2D eigenvalue weighted by atomic mass is 10.1. The summed E-state index contributed by atoms with van der Waals surface area (Å²) in [6, 6.07) is 5.80. The number of hydrogen-bond donors (Lipinski definition) is 0. The molecule has 3 aromatic rings. The zero-order chi connectivity index (χ0) is 18.7. The molecule has 0 bridgehead atoms. The molecule has 0 aliphatic carbocycles. The molecule has 0 aliphatic rings. The second kappa shape index (κ2) is 7.84. The number of carbonyl (C=O) groups excluding carboxylic acids is 1. The summed E-state index contributed by atoms with van der Waals surface area (Å²) in [6.07, 6.45) is 1.60. The van der Waals surface area contributed by atoms with Crippen LogP contribution in [0.2, 0.25) is 0 Å². The van der Waals surface area contributed by atoms with Crippen LogP contribution in [0.1, 0.15) is 10.4 Å². The number of halogens is 1. The maximum absolute atomic E-state index is 13.8. The topological polar surface area (TPSA) is 61.2 Å². The number of carbonyl (C=O) groups is 1. The molecule has 1 aromatic carbocycles. The van der Waals surface area contributed by atoms with E-state index in [1.807, 2.05) is 0 Å². The van der Waals surface area contributed by atoms with Gasteiger partial charge in [-0.3, -0.25) is 14.2 Å². The van der Waals surface area contributed by atoms with Gasteiger partial charge in [-0.2, -0.15) is 0 Å². The molecule has 3 rings (SSSR count). The molecule has 0 unspecified atom stereocenters. The molecule has 0 fully saturated rings. The molecular formula is C18H15FN2O3S2. The first-order valence-corrected chi connectivity index (χ1v) is 9.50. The van der Waals surface area contributed by atoms with Crippen LogP contribution in [0.4, 0.5) is 4.39 Å². The maximum atomic E-state index is 13.8. The third kappa shape index (κ3) is 3.56. The van der Waals surface area contributed by atoms with Gasteiger partial charge in [-0.1, -0.05) is 17.8 Å². The van der Waals surface area contributed by atoms with Crippen LogP contribution in [-0.2, 0) is 6.54 Å². The molecule has 0 radical (unpaired) electrons. The lowest BCUT2D eigenvalue weighted by Gasteiger charge is -2.10. The Balaban J connectivity index is 1.85. The second-order valence-electron chi connectivity index (χ2n) is 5.30. The summed E-state index contributed by atoms with van der Waals surface area (Å²) in [5.74, 6) is -0.738. The summed E-state index contributed by atoms with van der Waals surface area (Å²) in [5.41, 5.74) is 0.0761. The van der Waals surface area contributed by atoms with E-state index in [4.69, 9.17) is 4.74 Å². The van der Waals surface area contributed by atoms with Crippen molar-refractivity contribution in [2.24, 2.45) is 0 Å². The minimum Gasteiger partial charge on any atom is -0.494 e. The SMILES string of the molecule is C=CCn1c(SCC(=O)c2ccc(OC)c(F)c2)nc2sccc2c1=O. The van der Waals surface area contributed by atoms with Gasteiger partial charge in [0.1, 0.15) is 4.83 Å². The summed E-state index contributed by atoms with van der Waals surface area (Å²) < 4.78 is 20.1. The lowest BCUT2D eigenvalue weighted by molar-refractivity contribution is 0.102. The number of benzene rings is 1. The third-order valence-electron chi connectivity index (χ3n) is 3.67. The Morgan fingerprint density at radius 3 is 2.96 bits per heavy atom. The molecule has 0 saturated heterocycles. The highest BCUT2D eigenvalue weighted by Gasteiger charge is 2.15. The monoisotopic (exact) mass is 390 g/mol. The normalized spacial score (nSPS) is 10.8. The van der Waals surface area contributed by atoms with Crippen molar-refractivity contribution in [3.8, 4) is 5.75 Å². The molecule has 26 heavy (non-hydrogen) atoms. The van der Waals surface area contributed by atoms with E-state index in [1.165, 1.54) is 35.1 Å². The van der Waals surface area contributed by atoms with Gasteiger partial charge in [-0.25, -0.2) is 9.37 Å². The molecule has 8 heteroatoms. The highest BCUT2D eigenvalue weighted by molar-refractivity contribution is 7.99. The highest BCUT2D eigenvalue weighted by atomic mass is 32.2. The molecule has 0 N–H and O–H groups in total. The van der Waals surface area contributed by atoms with Gasteiger partial charge in [-0.05, 0) is 29.6 Å². The number of aromatic nitrogens is 2. The number of rotatable bonds is 7. The number of thioether (sulfide) groups is 1. The predicted octanol–water partition coefficient (Wildman–Crippen LogP) is 3.77. The van der Waals surface area contributed by atoms with E-state index in [9.17, 15) is 14.0 Å². The minimum atomic E-state index is -0.593. The molecular weight excluding hydrogens is 375 g/mol. The van der Waals surface area contributed by atoms with E-state index in [2.05, 4.69) is 11.6 Å². The van der Waals surface area contributed by atoms with Gasteiger partial charge in [0.15, 0.2) is 22.5 Å². The van der Waals surface area contributed by atoms with Crippen LogP contribution in [0, 0.1) is 5.82 Å². The lowest BCUT2D eigenvalue weighted by Crippen LogP contribution is -2.22. The van der Waals surface area contributed by atoms with Gasteiger partial charge >= 0.3 is 0 Å². The Bertz CT molecular complexity index is 1040. The number of allylic oxidation sites excluding steroid dienone is 1. The number of Topliss-reactive ketones (excluding diaryl/α,β-unsaturated/α-hetero) is 1. The molecule has 0 aliphatic heterocycles. The van der Waals surface area contributed by atoms with Crippen molar-refractivity contribution in [2.45, 2.75) is 11.7 Å². The zero-order valence-corrected chi connectivity index (χ0v) is 15.5. The van der Waals surface area contributed by atoms with E-state index in [0.29, 0.717) is 21.9 Å². The van der Waals surface area contributed by atoms with E-state index < -0.39 is 5.82 Å². The van der Waals surface area contributed by atoms with Gasteiger partial charge in [-0.15, -0.1) is 17.9 Å². The van der Waals surface area contributed by atoms with Crippen LogP contribution < -0.4 is 10.3 Å². The van der Waals surface area contributed by atoms with Gasteiger partial charge in [0.25, 0.3) is 5.56 Å². The van der Waals surface area contributed by atoms with Gasteiger partial charge < -0.3 is 4.74 Å². The Labute approximate surface area is 157 Å². The fourth-order valence-electron chi connectivity index (χ4n) is 2.38. The number of thiophene rings is 1. The first-order valence-electron chi connectivity index (χ1n) is 7.63. The van der Waals surface area contributed by atoms with Gasteiger partial charge in [0, 0.05) is 12.1 Å². The Hall–Kier alpha value is -2.45.